The highest BCUT2D eigenvalue weighted by molar-refractivity contribution is 6.32. The van der Waals surface area contributed by atoms with Gasteiger partial charge in [-0.25, -0.2) is 0 Å². The predicted octanol–water partition coefficient (Wildman–Crippen LogP) is 1.36. The number of aromatic hydroxyl groups is 1. The van der Waals surface area contributed by atoms with E-state index in [1.807, 2.05) is 0 Å². The number of aliphatic hydroxyl groups is 3. The van der Waals surface area contributed by atoms with Crippen LogP contribution >= 0.6 is 11.6 Å². The van der Waals surface area contributed by atoms with Crippen molar-refractivity contribution < 1.29 is 34.8 Å². The first-order valence-electron chi connectivity index (χ1n) is 12.1. The van der Waals surface area contributed by atoms with Gasteiger partial charge in [0.15, 0.2) is 11.4 Å². The number of fused-ring (bicyclic) bond motifs is 3. The number of nitrogens with one attached hydrogen (secondary N) is 1. The summed E-state index contributed by atoms with van der Waals surface area (Å²) in [7, 11) is 3.11. The fourth-order valence-corrected chi connectivity index (χ4v) is 6.26. The molecule has 1 aromatic carbocycles. The third-order valence-corrected chi connectivity index (χ3v) is 8.07. The van der Waals surface area contributed by atoms with Crippen molar-refractivity contribution in [2.75, 3.05) is 20.6 Å². The number of nitrogens with zero attached hydrogens (tertiary/aromatic N) is 1. The number of primary amides is 1. The summed E-state index contributed by atoms with van der Waals surface area (Å²) >= 11 is 6.71. The van der Waals surface area contributed by atoms with Gasteiger partial charge in [0.2, 0.25) is 5.78 Å². The van der Waals surface area contributed by atoms with Gasteiger partial charge in [0.05, 0.1) is 11.6 Å². The lowest BCUT2D eigenvalue weighted by Gasteiger charge is -2.50. The minimum absolute atomic E-state index is 0.0126. The number of likely N-dealkylation sites (N-methyl/N-ethyl adjacent to an activating group) is 1. The molecule has 0 aromatic heterocycles. The zero-order chi connectivity index (χ0) is 27.6. The Morgan fingerprint density at radius 3 is 2.49 bits per heavy atom. The summed E-state index contributed by atoms with van der Waals surface area (Å²) in [6, 6.07) is 0.285. The predicted molar refractivity (Wildman–Crippen MR) is 136 cm³/mol. The summed E-state index contributed by atoms with van der Waals surface area (Å²) in [6.07, 6.45) is 0.164. The van der Waals surface area contributed by atoms with Crippen molar-refractivity contribution in [2.45, 2.75) is 44.9 Å². The molecule has 3 aliphatic carbocycles. The van der Waals surface area contributed by atoms with Gasteiger partial charge in [0, 0.05) is 23.1 Å². The molecule has 0 heterocycles. The number of halogens is 1. The van der Waals surface area contributed by atoms with Crippen molar-refractivity contribution in [3.8, 4) is 5.75 Å². The van der Waals surface area contributed by atoms with E-state index in [4.69, 9.17) is 17.3 Å². The number of aliphatic hydroxyl groups excluding tert-OH is 2. The van der Waals surface area contributed by atoms with Crippen LogP contribution in [0.3, 0.4) is 0 Å². The van der Waals surface area contributed by atoms with Crippen LogP contribution in [0.25, 0.3) is 5.76 Å². The Balaban J connectivity index is 1.87. The van der Waals surface area contributed by atoms with E-state index in [0.717, 1.165) is 6.54 Å². The highest BCUT2D eigenvalue weighted by Crippen LogP contribution is 2.53. The van der Waals surface area contributed by atoms with Crippen molar-refractivity contribution in [1.29, 1.82) is 0 Å². The fraction of sp³-hybridized carbons (Fsp3) is 0.500. The first-order valence-corrected chi connectivity index (χ1v) is 12.5. The lowest BCUT2D eigenvalue weighted by molar-refractivity contribution is -0.153. The summed E-state index contributed by atoms with van der Waals surface area (Å²) in [6.45, 7) is 5.22. The zero-order valence-electron chi connectivity index (χ0n) is 21.1. The van der Waals surface area contributed by atoms with Crippen molar-refractivity contribution in [1.82, 2.24) is 10.2 Å². The summed E-state index contributed by atoms with van der Waals surface area (Å²) in [5.74, 6) is -6.47. The molecule has 37 heavy (non-hydrogen) atoms. The van der Waals surface area contributed by atoms with Crippen LogP contribution in [0.15, 0.2) is 23.0 Å². The number of benzene rings is 1. The Morgan fingerprint density at radius 1 is 1.27 bits per heavy atom. The third-order valence-electron chi connectivity index (χ3n) is 7.60. The minimum atomic E-state index is -2.66. The number of phenolic OH excluding ortho intramolecular Hbond substituents is 1. The van der Waals surface area contributed by atoms with E-state index >= 15 is 0 Å². The maximum absolute atomic E-state index is 13.8. The lowest BCUT2D eigenvalue weighted by atomic mass is 9.57. The summed E-state index contributed by atoms with van der Waals surface area (Å²) in [5, 5.41) is 48.1. The van der Waals surface area contributed by atoms with Gasteiger partial charge in [0.1, 0.15) is 22.8 Å². The maximum Gasteiger partial charge on any atom is 0.255 e. The quantitative estimate of drug-likeness (QED) is 0.295. The first kappa shape index (κ1) is 27.1. The standard InChI is InChI=1S/C26H32ClN3O7/c1-10(2)8-29-9-12-7-15(31)17-13(19(12)27)5-11-6-14-20(30(3)4)22(33)18(25(28)36)24(35)26(14,37)23(34)16(11)21(17)32/h7,10-11,14,20,29,31-32,35,37H,5-6,8-9H2,1-4H3,(H2,28,36)/t11-,14-,20-,26-/m0/s1. The van der Waals surface area contributed by atoms with Gasteiger partial charge in [-0.15, -0.1) is 0 Å². The minimum Gasteiger partial charge on any atom is -0.508 e. The van der Waals surface area contributed by atoms with Crippen molar-refractivity contribution >= 4 is 34.8 Å². The van der Waals surface area contributed by atoms with E-state index in [1.165, 1.54) is 11.0 Å². The molecule has 10 nitrogen and oxygen atoms in total. The molecule has 4 atom stereocenters. The molecule has 0 unspecified atom stereocenters. The van der Waals surface area contributed by atoms with E-state index in [9.17, 15) is 34.8 Å². The van der Waals surface area contributed by atoms with Gasteiger partial charge in [-0.1, -0.05) is 25.4 Å². The smallest absolute Gasteiger partial charge is 0.255 e. The molecule has 0 radical (unpaired) electrons. The average molecular weight is 534 g/mol. The summed E-state index contributed by atoms with van der Waals surface area (Å²) < 4.78 is 0. The molecular weight excluding hydrogens is 502 g/mol. The number of rotatable bonds is 6. The molecule has 0 saturated heterocycles. The molecule has 1 aromatic rings. The van der Waals surface area contributed by atoms with E-state index in [2.05, 4.69) is 19.2 Å². The normalized spacial score (nSPS) is 27.5. The van der Waals surface area contributed by atoms with Crippen molar-refractivity contribution in [3.63, 3.8) is 0 Å². The second kappa shape index (κ2) is 9.43. The Bertz CT molecular complexity index is 1270. The molecule has 0 aliphatic heterocycles. The number of carbonyl (C=O) groups is 3. The largest absolute Gasteiger partial charge is 0.508 e. The van der Waals surface area contributed by atoms with Gasteiger partial charge >= 0.3 is 0 Å². The number of hydrogen-bond acceptors (Lipinski definition) is 9. The number of amides is 1. The van der Waals surface area contributed by atoms with Crippen molar-refractivity contribution in [3.05, 3.63) is 44.7 Å². The van der Waals surface area contributed by atoms with Crippen LogP contribution in [0.2, 0.25) is 5.02 Å². The molecule has 1 fully saturated rings. The van der Waals surface area contributed by atoms with Crippen LogP contribution < -0.4 is 11.1 Å². The Hall–Kier alpha value is -2.92. The average Bonchev–Trinajstić information content (AvgIpc) is 2.78. The summed E-state index contributed by atoms with van der Waals surface area (Å²) in [4.78, 5) is 40.4. The highest BCUT2D eigenvalue weighted by atomic mass is 35.5. The second-order valence-corrected chi connectivity index (χ2v) is 11.1. The van der Waals surface area contributed by atoms with E-state index < -0.39 is 58.0 Å². The Kier molecular flexibility index (Phi) is 6.91. The first-order chi connectivity index (χ1) is 17.2. The van der Waals surface area contributed by atoms with Gasteiger partial charge in [-0.05, 0) is 62.5 Å². The number of ketones is 2. The van der Waals surface area contributed by atoms with Crippen LogP contribution in [0.1, 0.15) is 37.0 Å². The van der Waals surface area contributed by atoms with E-state index in [0.29, 0.717) is 28.6 Å². The molecule has 3 aliphatic rings. The Labute approximate surface area is 219 Å². The van der Waals surface area contributed by atoms with Gasteiger partial charge in [-0.3, -0.25) is 19.3 Å². The van der Waals surface area contributed by atoms with E-state index in [-0.39, 0.29) is 29.7 Å². The monoisotopic (exact) mass is 533 g/mol. The van der Waals surface area contributed by atoms with Gasteiger partial charge in [-0.2, -0.15) is 0 Å². The van der Waals surface area contributed by atoms with Gasteiger partial charge in [0.25, 0.3) is 5.91 Å². The van der Waals surface area contributed by atoms with Crippen LogP contribution in [-0.4, -0.2) is 75.1 Å². The maximum atomic E-state index is 13.8. The number of Topliss-reactive ketones (excluding diaryl/α,β-unsaturated/α-hetero) is 2. The van der Waals surface area contributed by atoms with E-state index in [1.54, 1.807) is 14.1 Å². The fourth-order valence-electron chi connectivity index (χ4n) is 5.97. The van der Waals surface area contributed by atoms with Gasteiger partial charge < -0.3 is 31.5 Å². The molecule has 7 N–H and O–H groups in total. The Morgan fingerprint density at radius 2 is 1.92 bits per heavy atom. The van der Waals surface area contributed by atoms with Crippen LogP contribution in [0, 0.1) is 17.8 Å². The molecule has 4 rings (SSSR count). The highest BCUT2D eigenvalue weighted by Gasteiger charge is 2.64. The number of phenols is 1. The van der Waals surface area contributed by atoms with Crippen LogP contribution in [-0.2, 0) is 27.3 Å². The zero-order valence-corrected chi connectivity index (χ0v) is 21.9. The molecule has 0 spiro atoms. The van der Waals surface area contributed by atoms with Crippen molar-refractivity contribution in [2.24, 2.45) is 23.5 Å². The molecule has 1 amide bonds. The van der Waals surface area contributed by atoms with Crippen LogP contribution in [0.5, 0.6) is 5.75 Å². The van der Waals surface area contributed by atoms with Crippen LogP contribution in [0.4, 0.5) is 0 Å². The number of hydrogen-bond donors (Lipinski definition) is 6. The molecule has 1 saturated carbocycles. The topological polar surface area (TPSA) is 173 Å². The molecule has 0 bridgehead atoms. The number of carbonyl (C=O) groups excluding carboxylic acids is 3. The second-order valence-electron chi connectivity index (χ2n) is 10.7. The SMILES string of the molecule is CC(C)CNCc1cc(O)c2c(c1Cl)C[C@H]1C[C@H]3[C@H](N(C)C)C(=O)C(C(N)=O)=C(O)[C@@]3(O)C(=O)C1=C2O. The number of nitrogens with two attached hydrogens (primary N) is 1. The molecule has 11 heteroatoms. The summed E-state index contributed by atoms with van der Waals surface area (Å²) in [5.41, 5.74) is 2.68. The third kappa shape index (κ3) is 4.03. The molecular formula is C26H32ClN3O7. The molecule has 200 valence electrons. The lowest BCUT2D eigenvalue weighted by Crippen LogP contribution is -2.65.